The molecule has 0 aliphatic carbocycles. The number of pyridine rings is 1. The Balaban J connectivity index is 2.38. The van der Waals surface area contributed by atoms with E-state index in [-0.39, 0.29) is 6.03 Å². The van der Waals surface area contributed by atoms with Crippen LogP contribution in [0.15, 0.2) is 18.3 Å². The number of hydrogen-bond donors (Lipinski definition) is 2. The van der Waals surface area contributed by atoms with Crippen molar-refractivity contribution in [1.82, 2.24) is 15.6 Å². The first-order chi connectivity index (χ1) is 6.72. The molecule has 0 aliphatic heterocycles. The van der Waals surface area contributed by atoms with Gasteiger partial charge >= 0.3 is 6.03 Å². The zero-order valence-electron chi connectivity index (χ0n) is 7.88. The van der Waals surface area contributed by atoms with Crippen molar-refractivity contribution in [3.63, 3.8) is 0 Å². The van der Waals surface area contributed by atoms with E-state index in [1.54, 1.807) is 6.20 Å². The molecule has 14 heavy (non-hydrogen) atoms. The SMILES string of the molecule is CCNC(=O)NCc1ccc(I)nc1. The summed E-state index contributed by atoms with van der Waals surface area (Å²) in [6, 6.07) is 3.71. The predicted molar refractivity (Wildman–Crippen MR) is 62.9 cm³/mol. The van der Waals surface area contributed by atoms with E-state index in [9.17, 15) is 4.79 Å². The Labute approximate surface area is 96.6 Å². The average Bonchev–Trinajstić information content (AvgIpc) is 2.17. The van der Waals surface area contributed by atoms with Crippen molar-refractivity contribution in [2.24, 2.45) is 0 Å². The molecular formula is C9H12IN3O. The van der Waals surface area contributed by atoms with Gasteiger partial charge in [-0.05, 0) is 41.1 Å². The van der Waals surface area contributed by atoms with E-state index >= 15 is 0 Å². The first kappa shape index (κ1) is 11.2. The summed E-state index contributed by atoms with van der Waals surface area (Å²) in [5.41, 5.74) is 0.997. The lowest BCUT2D eigenvalue weighted by Gasteiger charge is -2.05. The Morgan fingerprint density at radius 2 is 2.29 bits per heavy atom. The normalized spacial score (nSPS) is 9.57. The maximum Gasteiger partial charge on any atom is 0.315 e. The Morgan fingerprint density at radius 3 is 2.86 bits per heavy atom. The Hall–Kier alpha value is -0.850. The molecule has 0 bridgehead atoms. The zero-order valence-corrected chi connectivity index (χ0v) is 10.0. The van der Waals surface area contributed by atoms with E-state index in [1.807, 2.05) is 19.1 Å². The third-order valence-electron chi connectivity index (χ3n) is 1.58. The molecule has 0 unspecified atom stereocenters. The van der Waals surface area contributed by atoms with Gasteiger partial charge in [0.1, 0.15) is 3.70 Å². The predicted octanol–water partition coefficient (Wildman–Crippen LogP) is 1.51. The molecule has 0 spiro atoms. The van der Waals surface area contributed by atoms with Crippen molar-refractivity contribution < 1.29 is 4.79 Å². The topological polar surface area (TPSA) is 54.0 Å². The fraction of sp³-hybridized carbons (Fsp3) is 0.333. The van der Waals surface area contributed by atoms with Crippen LogP contribution in [0, 0.1) is 3.70 Å². The number of halogens is 1. The average molecular weight is 305 g/mol. The van der Waals surface area contributed by atoms with Gasteiger partial charge in [-0.25, -0.2) is 9.78 Å². The summed E-state index contributed by atoms with van der Waals surface area (Å²) in [7, 11) is 0. The van der Waals surface area contributed by atoms with Crippen LogP contribution in [0.2, 0.25) is 0 Å². The summed E-state index contributed by atoms with van der Waals surface area (Å²) in [5, 5.41) is 5.38. The van der Waals surface area contributed by atoms with Crippen LogP contribution in [0.3, 0.4) is 0 Å². The summed E-state index contributed by atoms with van der Waals surface area (Å²) in [6.07, 6.45) is 1.76. The van der Waals surface area contributed by atoms with Crippen molar-refractivity contribution in [3.8, 4) is 0 Å². The smallest absolute Gasteiger partial charge is 0.315 e. The third-order valence-corrected chi connectivity index (χ3v) is 2.22. The third kappa shape index (κ3) is 3.91. The quantitative estimate of drug-likeness (QED) is 0.657. The van der Waals surface area contributed by atoms with Crippen LogP contribution in [0.5, 0.6) is 0 Å². The molecule has 4 nitrogen and oxygen atoms in total. The van der Waals surface area contributed by atoms with Crippen LogP contribution in [0.4, 0.5) is 4.79 Å². The molecule has 0 aliphatic rings. The molecule has 0 saturated carbocycles. The van der Waals surface area contributed by atoms with Gasteiger partial charge in [0.2, 0.25) is 0 Å². The van der Waals surface area contributed by atoms with Crippen LogP contribution in [0.25, 0.3) is 0 Å². The summed E-state index contributed by atoms with van der Waals surface area (Å²) < 4.78 is 0.948. The molecule has 0 radical (unpaired) electrons. The van der Waals surface area contributed by atoms with Crippen molar-refractivity contribution in [1.29, 1.82) is 0 Å². The van der Waals surface area contributed by atoms with Crippen LogP contribution in [-0.2, 0) is 6.54 Å². The summed E-state index contributed by atoms with van der Waals surface area (Å²) >= 11 is 2.14. The van der Waals surface area contributed by atoms with Gasteiger partial charge in [-0.15, -0.1) is 0 Å². The van der Waals surface area contributed by atoms with Gasteiger partial charge in [-0.3, -0.25) is 0 Å². The molecule has 2 N–H and O–H groups in total. The highest BCUT2D eigenvalue weighted by Crippen LogP contribution is 2.01. The van der Waals surface area contributed by atoms with Crippen molar-refractivity contribution >= 4 is 28.6 Å². The number of nitrogens with one attached hydrogen (secondary N) is 2. The van der Waals surface area contributed by atoms with Gasteiger partial charge in [0.25, 0.3) is 0 Å². The molecule has 0 atom stereocenters. The van der Waals surface area contributed by atoms with E-state index in [0.29, 0.717) is 13.1 Å². The molecule has 5 heteroatoms. The molecular weight excluding hydrogens is 293 g/mol. The zero-order chi connectivity index (χ0) is 10.4. The number of carbonyl (C=O) groups excluding carboxylic acids is 1. The maximum absolute atomic E-state index is 11.0. The van der Waals surface area contributed by atoms with Crippen molar-refractivity contribution in [2.45, 2.75) is 13.5 Å². The van der Waals surface area contributed by atoms with E-state index in [0.717, 1.165) is 9.26 Å². The van der Waals surface area contributed by atoms with E-state index in [1.165, 1.54) is 0 Å². The summed E-state index contributed by atoms with van der Waals surface area (Å²) in [6.45, 7) is 3.03. The minimum Gasteiger partial charge on any atom is -0.338 e. The molecule has 0 aromatic carbocycles. The molecule has 0 fully saturated rings. The van der Waals surface area contributed by atoms with Crippen molar-refractivity contribution in [2.75, 3.05) is 6.54 Å². The second-order valence-corrected chi connectivity index (χ2v) is 3.81. The fourth-order valence-electron chi connectivity index (χ4n) is 0.916. The second-order valence-electron chi connectivity index (χ2n) is 2.70. The standard InChI is InChI=1S/C9H12IN3O/c1-2-11-9(14)13-6-7-3-4-8(10)12-5-7/h3-5H,2,6H2,1H3,(H2,11,13,14). The molecule has 1 rings (SSSR count). The number of urea groups is 1. The van der Waals surface area contributed by atoms with Gasteiger partial charge in [0.05, 0.1) is 0 Å². The lowest BCUT2D eigenvalue weighted by molar-refractivity contribution is 0.241. The largest absolute Gasteiger partial charge is 0.338 e. The van der Waals surface area contributed by atoms with Crippen LogP contribution < -0.4 is 10.6 Å². The number of nitrogens with zero attached hydrogens (tertiary/aromatic N) is 1. The Bertz CT molecular complexity index is 299. The van der Waals surface area contributed by atoms with Gasteiger partial charge in [0.15, 0.2) is 0 Å². The monoisotopic (exact) mass is 305 g/mol. The van der Waals surface area contributed by atoms with Gasteiger partial charge in [-0.2, -0.15) is 0 Å². The Kier molecular flexibility index (Phi) is 4.64. The molecule has 1 heterocycles. The van der Waals surface area contributed by atoms with Crippen molar-refractivity contribution in [3.05, 3.63) is 27.6 Å². The Morgan fingerprint density at radius 1 is 1.50 bits per heavy atom. The highest BCUT2D eigenvalue weighted by molar-refractivity contribution is 14.1. The molecule has 2 amide bonds. The van der Waals surface area contributed by atoms with Gasteiger partial charge in [-0.1, -0.05) is 6.07 Å². The van der Waals surface area contributed by atoms with E-state index in [4.69, 9.17) is 0 Å². The van der Waals surface area contributed by atoms with Gasteiger partial charge in [0, 0.05) is 19.3 Å². The summed E-state index contributed by atoms with van der Waals surface area (Å²) in [4.78, 5) is 15.2. The highest BCUT2D eigenvalue weighted by atomic mass is 127. The lowest BCUT2D eigenvalue weighted by atomic mass is 10.3. The molecule has 1 aromatic heterocycles. The molecule has 76 valence electrons. The minimum absolute atomic E-state index is 0.147. The van der Waals surface area contributed by atoms with Gasteiger partial charge < -0.3 is 10.6 Å². The highest BCUT2D eigenvalue weighted by Gasteiger charge is 1.98. The molecule has 0 saturated heterocycles. The molecule has 1 aromatic rings. The maximum atomic E-state index is 11.0. The van der Waals surface area contributed by atoms with E-state index in [2.05, 4.69) is 38.2 Å². The number of hydrogen-bond acceptors (Lipinski definition) is 2. The number of amides is 2. The van der Waals surface area contributed by atoms with Crippen LogP contribution in [-0.4, -0.2) is 17.6 Å². The number of aromatic nitrogens is 1. The number of rotatable bonds is 3. The van der Waals surface area contributed by atoms with Crippen LogP contribution in [0.1, 0.15) is 12.5 Å². The summed E-state index contributed by atoms with van der Waals surface area (Å²) in [5.74, 6) is 0. The first-order valence-corrected chi connectivity index (χ1v) is 5.42. The minimum atomic E-state index is -0.147. The van der Waals surface area contributed by atoms with Crippen LogP contribution >= 0.6 is 22.6 Å². The fourth-order valence-corrected chi connectivity index (χ4v) is 1.24. The first-order valence-electron chi connectivity index (χ1n) is 4.34. The lowest BCUT2D eigenvalue weighted by Crippen LogP contribution is -2.34. The second kappa shape index (κ2) is 5.79. The van der Waals surface area contributed by atoms with E-state index < -0.39 is 0 Å². The number of carbonyl (C=O) groups is 1.